The van der Waals surface area contributed by atoms with E-state index in [4.69, 9.17) is 14.2 Å². The van der Waals surface area contributed by atoms with E-state index >= 15 is 0 Å². The van der Waals surface area contributed by atoms with Crippen LogP contribution in [-0.4, -0.2) is 37.9 Å². The number of carbonyl (C=O) groups excluding carboxylic acids is 2. The highest BCUT2D eigenvalue weighted by molar-refractivity contribution is 5.70. The van der Waals surface area contributed by atoms with Gasteiger partial charge in [0.05, 0.1) is 6.61 Å². The van der Waals surface area contributed by atoms with Gasteiger partial charge in [0.2, 0.25) is 0 Å². The van der Waals surface area contributed by atoms with Crippen LogP contribution < -0.4 is 0 Å². The van der Waals surface area contributed by atoms with E-state index in [0.717, 1.165) is 38.5 Å². The molecule has 0 saturated heterocycles. The minimum Gasteiger partial charge on any atom is -0.462 e. The van der Waals surface area contributed by atoms with Gasteiger partial charge in [-0.15, -0.1) is 0 Å². The van der Waals surface area contributed by atoms with Crippen molar-refractivity contribution in [2.75, 3.05) is 19.8 Å². The molecule has 1 unspecified atom stereocenters. The van der Waals surface area contributed by atoms with Gasteiger partial charge >= 0.3 is 11.9 Å². The zero-order valence-electron chi connectivity index (χ0n) is 33.9. The van der Waals surface area contributed by atoms with E-state index in [1.807, 2.05) is 0 Å². The summed E-state index contributed by atoms with van der Waals surface area (Å²) in [5, 5.41) is 0. The van der Waals surface area contributed by atoms with Crippen molar-refractivity contribution in [3.05, 3.63) is 12.2 Å². The fourth-order valence-corrected chi connectivity index (χ4v) is 6.43. The Morgan fingerprint density at radius 2 is 0.800 bits per heavy atom. The average Bonchev–Trinajstić information content (AvgIpc) is 3.11. The minimum absolute atomic E-state index is 0.0910. The molecule has 0 amide bonds. The highest BCUT2D eigenvalue weighted by Crippen LogP contribution is 2.15. The Hall–Kier alpha value is -1.36. The van der Waals surface area contributed by atoms with E-state index in [1.165, 1.54) is 167 Å². The smallest absolute Gasteiger partial charge is 0.306 e. The van der Waals surface area contributed by atoms with Crippen molar-refractivity contribution >= 4 is 11.9 Å². The first-order chi connectivity index (χ1) is 24.6. The van der Waals surface area contributed by atoms with E-state index in [9.17, 15) is 9.59 Å². The molecule has 0 rings (SSSR count). The molecule has 0 aromatic heterocycles. The molecule has 0 radical (unpaired) electrons. The van der Waals surface area contributed by atoms with Crippen LogP contribution in [0.25, 0.3) is 0 Å². The van der Waals surface area contributed by atoms with Gasteiger partial charge in [-0.2, -0.15) is 0 Å². The maximum Gasteiger partial charge on any atom is 0.306 e. The first-order valence-electron chi connectivity index (χ1n) is 22.2. The number of hydrogen-bond donors (Lipinski definition) is 0. The maximum absolute atomic E-state index is 12.7. The fraction of sp³-hybridized carbons (Fsp3) is 0.911. The summed E-state index contributed by atoms with van der Waals surface area (Å²) in [6.45, 7) is 7.80. The van der Waals surface area contributed by atoms with Crippen LogP contribution in [0.1, 0.15) is 239 Å². The van der Waals surface area contributed by atoms with Gasteiger partial charge in [0, 0.05) is 19.4 Å². The van der Waals surface area contributed by atoms with Gasteiger partial charge in [-0.3, -0.25) is 9.59 Å². The second-order valence-corrected chi connectivity index (χ2v) is 15.0. The summed E-state index contributed by atoms with van der Waals surface area (Å²) in [6, 6.07) is 0. The molecule has 5 heteroatoms. The lowest BCUT2D eigenvalue weighted by Crippen LogP contribution is -2.30. The lowest BCUT2D eigenvalue weighted by molar-refractivity contribution is -0.163. The molecule has 0 spiro atoms. The average molecular weight is 707 g/mol. The third kappa shape index (κ3) is 39.4. The standard InChI is InChI=1S/C45H86O5/c1-4-7-10-13-16-19-22-25-28-31-34-37-40-48-41-43(50-45(47)39-36-33-30-27-24-21-18-15-12-9-6-3)42-49-44(46)38-35-32-29-26-23-20-17-14-11-8-5-2/h13,16,43H,4-12,14-15,17-42H2,1-3H3/b16-13-. The molecule has 0 fully saturated rings. The monoisotopic (exact) mass is 707 g/mol. The molecule has 0 N–H and O–H groups in total. The zero-order valence-corrected chi connectivity index (χ0v) is 33.9. The molecule has 0 aliphatic rings. The number of rotatable bonds is 41. The van der Waals surface area contributed by atoms with Crippen molar-refractivity contribution in [2.45, 2.75) is 245 Å². The molecule has 0 aliphatic heterocycles. The van der Waals surface area contributed by atoms with Crippen LogP contribution in [0.15, 0.2) is 12.2 Å². The van der Waals surface area contributed by atoms with E-state index in [0.29, 0.717) is 26.1 Å². The van der Waals surface area contributed by atoms with Crippen molar-refractivity contribution in [3.63, 3.8) is 0 Å². The van der Waals surface area contributed by atoms with Gasteiger partial charge in [0.15, 0.2) is 6.10 Å². The molecule has 0 bridgehead atoms. The van der Waals surface area contributed by atoms with Gasteiger partial charge in [0.1, 0.15) is 6.61 Å². The van der Waals surface area contributed by atoms with Crippen LogP contribution in [-0.2, 0) is 23.8 Å². The Bertz CT molecular complexity index is 720. The predicted molar refractivity (Wildman–Crippen MR) is 215 cm³/mol. The number of carbonyl (C=O) groups is 2. The number of hydrogen-bond acceptors (Lipinski definition) is 5. The highest BCUT2D eigenvalue weighted by atomic mass is 16.6. The van der Waals surface area contributed by atoms with Crippen LogP contribution in [0.3, 0.4) is 0 Å². The molecule has 0 aromatic rings. The van der Waals surface area contributed by atoms with Gasteiger partial charge in [-0.25, -0.2) is 0 Å². The summed E-state index contributed by atoms with van der Waals surface area (Å²) in [6.07, 6.45) is 44.8. The zero-order chi connectivity index (χ0) is 36.4. The summed E-state index contributed by atoms with van der Waals surface area (Å²) in [4.78, 5) is 25.1. The third-order valence-electron chi connectivity index (χ3n) is 9.80. The Labute approximate surface area is 312 Å². The van der Waals surface area contributed by atoms with Crippen molar-refractivity contribution in [1.82, 2.24) is 0 Å². The Balaban J connectivity index is 4.22. The molecule has 50 heavy (non-hydrogen) atoms. The summed E-state index contributed by atoms with van der Waals surface area (Å²) in [7, 11) is 0. The maximum atomic E-state index is 12.7. The quantitative estimate of drug-likeness (QED) is 0.0360. The van der Waals surface area contributed by atoms with Crippen LogP contribution in [0.4, 0.5) is 0 Å². The summed E-state index contributed by atoms with van der Waals surface area (Å²) in [5.74, 6) is -0.389. The summed E-state index contributed by atoms with van der Waals surface area (Å²) in [5.41, 5.74) is 0. The Morgan fingerprint density at radius 1 is 0.420 bits per heavy atom. The normalized spacial score (nSPS) is 12.1. The van der Waals surface area contributed by atoms with Crippen molar-refractivity contribution in [3.8, 4) is 0 Å². The van der Waals surface area contributed by atoms with Crippen LogP contribution in [0.5, 0.6) is 0 Å². The number of allylic oxidation sites excluding steroid dienone is 2. The van der Waals surface area contributed by atoms with Crippen LogP contribution in [0, 0.1) is 0 Å². The Morgan fingerprint density at radius 3 is 1.28 bits per heavy atom. The van der Waals surface area contributed by atoms with Crippen molar-refractivity contribution in [1.29, 1.82) is 0 Å². The van der Waals surface area contributed by atoms with Gasteiger partial charge in [-0.1, -0.05) is 200 Å². The highest BCUT2D eigenvalue weighted by Gasteiger charge is 2.17. The number of unbranched alkanes of at least 4 members (excludes halogenated alkanes) is 28. The predicted octanol–water partition coefficient (Wildman–Crippen LogP) is 14.3. The van der Waals surface area contributed by atoms with Gasteiger partial charge in [-0.05, 0) is 38.5 Å². The number of esters is 2. The first kappa shape index (κ1) is 48.6. The second-order valence-electron chi connectivity index (χ2n) is 15.0. The molecule has 5 nitrogen and oxygen atoms in total. The van der Waals surface area contributed by atoms with Crippen LogP contribution in [0.2, 0.25) is 0 Å². The summed E-state index contributed by atoms with van der Waals surface area (Å²) < 4.78 is 17.3. The van der Waals surface area contributed by atoms with E-state index < -0.39 is 6.10 Å². The second kappa shape index (κ2) is 42.1. The molecule has 0 aliphatic carbocycles. The van der Waals surface area contributed by atoms with E-state index in [-0.39, 0.29) is 18.5 Å². The molecule has 0 heterocycles. The lowest BCUT2D eigenvalue weighted by Gasteiger charge is -2.18. The lowest BCUT2D eigenvalue weighted by atomic mass is 10.1. The fourth-order valence-electron chi connectivity index (χ4n) is 6.43. The van der Waals surface area contributed by atoms with Gasteiger partial charge < -0.3 is 14.2 Å². The SMILES string of the molecule is CCCC/C=C\CCCCCCCCOCC(COC(=O)CCCCCCCCCCCCC)OC(=O)CCCCCCCCCCCCC. The third-order valence-corrected chi connectivity index (χ3v) is 9.80. The molecular weight excluding hydrogens is 620 g/mol. The molecular formula is C45H86O5. The largest absolute Gasteiger partial charge is 0.462 e. The minimum atomic E-state index is -0.526. The van der Waals surface area contributed by atoms with Crippen LogP contribution >= 0.6 is 0 Å². The van der Waals surface area contributed by atoms with Crippen molar-refractivity contribution in [2.24, 2.45) is 0 Å². The topological polar surface area (TPSA) is 61.8 Å². The van der Waals surface area contributed by atoms with Crippen molar-refractivity contribution < 1.29 is 23.8 Å². The van der Waals surface area contributed by atoms with E-state index in [2.05, 4.69) is 32.9 Å². The Kier molecular flexibility index (Phi) is 40.9. The molecule has 1 atom stereocenters. The summed E-state index contributed by atoms with van der Waals surface area (Å²) >= 11 is 0. The molecule has 0 aromatic carbocycles. The molecule has 0 saturated carbocycles. The first-order valence-corrected chi connectivity index (χ1v) is 22.2. The molecule has 296 valence electrons. The number of ether oxygens (including phenoxy) is 3. The van der Waals surface area contributed by atoms with Gasteiger partial charge in [0.25, 0.3) is 0 Å². The van der Waals surface area contributed by atoms with E-state index in [1.54, 1.807) is 0 Å².